The zero-order valence-electron chi connectivity index (χ0n) is 9.72. The number of carboxylic acid groups (broad SMARTS) is 1. The van der Waals surface area contributed by atoms with E-state index in [1.165, 1.54) is 4.90 Å². The van der Waals surface area contributed by atoms with Crippen molar-refractivity contribution < 1.29 is 19.5 Å². The lowest BCUT2D eigenvalue weighted by atomic mass is 10.4. The first kappa shape index (κ1) is 13.8. The summed E-state index contributed by atoms with van der Waals surface area (Å²) in [6.45, 7) is 1.32. The summed E-state index contributed by atoms with van der Waals surface area (Å²) in [4.78, 5) is 36.7. The van der Waals surface area contributed by atoms with E-state index in [0.29, 0.717) is 13.1 Å². The molecule has 1 fully saturated rings. The van der Waals surface area contributed by atoms with Crippen LogP contribution in [-0.2, 0) is 14.4 Å². The first-order chi connectivity index (χ1) is 8.00. The number of carbonyl (C=O) groups excluding carboxylic acids is 2. The molecule has 17 heavy (non-hydrogen) atoms. The molecule has 7 heteroatoms. The molecule has 0 atom stereocenters. The summed E-state index contributed by atoms with van der Waals surface area (Å²) in [6, 6.07) is 0. The lowest BCUT2D eigenvalue weighted by Crippen LogP contribution is -2.39. The SMILES string of the molecule is CN1CCCN(C(=O)CSCC(=O)O)CC1=O. The van der Waals surface area contributed by atoms with Crippen LogP contribution in [0.1, 0.15) is 6.42 Å². The fourth-order valence-electron chi connectivity index (χ4n) is 1.52. The quantitative estimate of drug-likeness (QED) is 0.737. The molecule has 0 aromatic heterocycles. The van der Waals surface area contributed by atoms with Gasteiger partial charge >= 0.3 is 5.97 Å². The molecule has 6 nitrogen and oxygen atoms in total. The van der Waals surface area contributed by atoms with Crippen LogP contribution in [0.25, 0.3) is 0 Å². The number of hydrogen-bond acceptors (Lipinski definition) is 4. The molecule has 0 bridgehead atoms. The van der Waals surface area contributed by atoms with Gasteiger partial charge < -0.3 is 14.9 Å². The third-order valence-electron chi connectivity index (χ3n) is 2.48. The number of thioether (sulfide) groups is 1. The van der Waals surface area contributed by atoms with Gasteiger partial charge in [-0.3, -0.25) is 14.4 Å². The average molecular weight is 260 g/mol. The van der Waals surface area contributed by atoms with Crippen LogP contribution < -0.4 is 0 Å². The Morgan fingerprint density at radius 2 is 2.06 bits per heavy atom. The maximum Gasteiger partial charge on any atom is 0.313 e. The number of amides is 2. The number of carbonyl (C=O) groups is 3. The van der Waals surface area contributed by atoms with E-state index in [4.69, 9.17) is 5.11 Å². The Bertz CT molecular complexity index is 321. The molecule has 1 aliphatic heterocycles. The largest absolute Gasteiger partial charge is 0.481 e. The Hall–Kier alpha value is -1.24. The van der Waals surface area contributed by atoms with Crippen LogP contribution in [-0.4, -0.2) is 70.9 Å². The van der Waals surface area contributed by atoms with Gasteiger partial charge in [-0.15, -0.1) is 11.8 Å². The highest BCUT2D eigenvalue weighted by Crippen LogP contribution is 2.07. The maximum absolute atomic E-state index is 11.7. The van der Waals surface area contributed by atoms with Crippen molar-refractivity contribution >= 4 is 29.5 Å². The fourth-order valence-corrected chi connectivity index (χ4v) is 2.15. The van der Waals surface area contributed by atoms with Gasteiger partial charge in [0.1, 0.15) is 0 Å². The van der Waals surface area contributed by atoms with Crippen molar-refractivity contribution in [3.8, 4) is 0 Å². The summed E-state index contributed by atoms with van der Waals surface area (Å²) >= 11 is 1.06. The normalized spacial score (nSPS) is 16.9. The minimum atomic E-state index is -0.936. The summed E-state index contributed by atoms with van der Waals surface area (Å²) in [5, 5.41) is 8.45. The highest BCUT2D eigenvalue weighted by Gasteiger charge is 2.22. The van der Waals surface area contributed by atoms with Crippen molar-refractivity contribution in [2.45, 2.75) is 6.42 Å². The number of hydrogen-bond donors (Lipinski definition) is 1. The standard InChI is InChI=1S/C10H16N2O4S/c1-11-3-2-4-12(5-8(11)13)9(14)6-17-7-10(15)16/h2-7H2,1H3,(H,15,16). The third-order valence-corrected chi connectivity index (χ3v) is 3.38. The van der Waals surface area contributed by atoms with Gasteiger partial charge in [-0.1, -0.05) is 0 Å². The van der Waals surface area contributed by atoms with E-state index < -0.39 is 5.97 Å². The van der Waals surface area contributed by atoms with Crippen molar-refractivity contribution in [3.63, 3.8) is 0 Å². The second-order valence-electron chi connectivity index (χ2n) is 3.87. The molecule has 0 radical (unpaired) electrons. The maximum atomic E-state index is 11.7. The number of rotatable bonds is 4. The number of carboxylic acids is 1. The van der Waals surface area contributed by atoms with Gasteiger partial charge in [-0.25, -0.2) is 0 Å². The van der Waals surface area contributed by atoms with Gasteiger partial charge in [0.15, 0.2) is 0 Å². The van der Waals surface area contributed by atoms with E-state index >= 15 is 0 Å². The summed E-state index contributed by atoms with van der Waals surface area (Å²) in [5.41, 5.74) is 0. The molecule has 1 N–H and O–H groups in total. The van der Waals surface area contributed by atoms with E-state index in [2.05, 4.69) is 0 Å². The number of likely N-dealkylation sites (N-methyl/N-ethyl adjacent to an activating group) is 1. The first-order valence-electron chi connectivity index (χ1n) is 5.32. The van der Waals surface area contributed by atoms with E-state index in [1.807, 2.05) is 0 Å². The van der Waals surface area contributed by atoms with Crippen LogP contribution in [0, 0.1) is 0 Å². The third kappa shape index (κ3) is 4.64. The van der Waals surface area contributed by atoms with Crippen molar-refractivity contribution in [2.75, 3.05) is 38.2 Å². The van der Waals surface area contributed by atoms with Crippen molar-refractivity contribution in [3.05, 3.63) is 0 Å². The molecule has 0 aromatic rings. The van der Waals surface area contributed by atoms with Crippen LogP contribution in [0.5, 0.6) is 0 Å². The van der Waals surface area contributed by atoms with Gasteiger partial charge in [0, 0.05) is 20.1 Å². The molecular weight excluding hydrogens is 244 g/mol. The molecule has 1 aliphatic rings. The molecule has 0 aromatic carbocycles. The minimum absolute atomic E-state index is 0.0703. The predicted octanol–water partition coefficient (Wildman–Crippen LogP) is -0.505. The van der Waals surface area contributed by atoms with Gasteiger partial charge in [-0.05, 0) is 6.42 Å². The highest BCUT2D eigenvalue weighted by molar-refractivity contribution is 8.00. The topological polar surface area (TPSA) is 77.9 Å². The van der Waals surface area contributed by atoms with Crippen LogP contribution in [0.2, 0.25) is 0 Å². The summed E-state index contributed by atoms with van der Waals surface area (Å²) in [6.07, 6.45) is 0.761. The van der Waals surface area contributed by atoms with Crippen molar-refractivity contribution in [1.29, 1.82) is 0 Å². The zero-order valence-corrected chi connectivity index (χ0v) is 10.5. The summed E-state index contributed by atoms with van der Waals surface area (Å²) in [7, 11) is 1.72. The Morgan fingerprint density at radius 1 is 1.35 bits per heavy atom. The van der Waals surface area contributed by atoms with Crippen molar-refractivity contribution in [1.82, 2.24) is 9.80 Å². The second kappa shape index (κ2) is 6.48. The smallest absolute Gasteiger partial charge is 0.313 e. The van der Waals surface area contributed by atoms with Gasteiger partial charge in [0.25, 0.3) is 0 Å². The monoisotopic (exact) mass is 260 g/mol. The zero-order chi connectivity index (χ0) is 12.8. The van der Waals surface area contributed by atoms with Crippen LogP contribution in [0.4, 0.5) is 0 Å². The van der Waals surface area contributed by atoms with Gasteiger partial charge in [-0.2, -0.15) is 0 Å². The predicted molar refractivity (Wildman–Crippen MR) is 63.8 cm³/mol. The number of aliphatic carboxylic acids is 1. The Morgan fingerprint density at radius 3 is 2.71 bits per heavy atom. The molecule has 1 rings (SSSR count). The fraction of sp³-hybridized carbons (Fsp3) is 0.700. The molecule has 0 saturated carbocycles. The Labute approximate surface area is 104 Å². The minimum Gasteiger partial charge on any atom is -0.481 e. The van der Waals surface area contributed by atoms with Gasteiger partial charge in [0.2, 0.25) is 11.8 Å². The first-order valence-corrected chi connectivity index (χ1v) is 6.47. The van der Waals surface area contributed by atoms with E-state index in [9.17, 15) is 14.4 Å². The Kier molecular flexibility index (Phi) is 5.27. The van der Waals surface area contributed by atoms with Crippen LogP contribution in [0.15, 0.2) is 0 Å². The molecule has 0 spiro atoms. The van der Waals surface area contributed by atoms with Crippen molar-refractivity contribution in [2.24, 2.45) is 0 Å². The molecule has 0 aliphatic carbocycles. The molecule has 0 unspecified atom stereocenters. The van der Waals surface area contributed by atoms with Crippen LogP contribution in [0.3, 0.4) is 0 Å². The van der Waals surface area contributed by atoms with E-state index in [-0.39, 0.29) is 29.9 Å². The lowest BCUT2D eigenvalue weighted by Gasteiger charge is -2.19. The molecular formula is C10H16N2O4S. The average Bonchev–Trinajstić information content (AvgIpc) is 2.41. The molecule has 2 amide bonds. The Balaban J connectivity index is 2.40. The molecule has 1 heterocycles. The van der Waals surface area contributed by atoms with Gasteiger partial charge in [0.05, 0.1) is 18.1 Å². The summed E-state index contributed by atoms with van der Waals surface area (Å²) in [5.74, 6) is -1.15. The molecule has 1 saturated heterocycles. The van der Waals surface area contributed by atoms with Crippen LogP contribution >= 0.6 is 11.8 Å². The highest BCUT2D eigenvalue weighted by atomic mass is 32.2. The van der Waals surface area contributed by atoms with E-state index in [0.717, 1.165) is 18.2 Å². The summed E-state index contributed by atoms with van der Waals surface area (Å²) < 4.78 is 0. The van der Waals surface area contributed by atoms with E-state index in [1.54, 1.807) is 11.9 Å². The number of nitrogens with zero attached hydrogens (tertiary/aromatic N) is 2. The lowest BCUT2D eigenvalue weighted by molar-refractivity contribution is -0.136. The second-order valence-corrected chi connectivity index (χ2v) is 4.86. The molecule has 96 valence electrons.